The second-order valence-corrected chi connectivity index (χ2v) is 11.9. The number of carbonyl (C=O) groups is 1. The van der Waals surface area contributed by atoms with Crippen LogP contribution in [0.4, 0.5) is 11.4 Å². The number of fused-ring (bicyclic) bond motifs is 1. The summed E-state index contributed by atoms with van der Waals surface area (Å²) in [6, 6.07) is 9.34. The minimum absolute atomic E-state index is 0.104. The molecule has 32 heavy (non-hydrogen) atoms. The average molecular weight is 539 g/mol. The molecular formula is C23H25BrClN3O3S. The molecule has 2 heterocycles. The van der Waals surface area contributed by atoms with E-state index in [4.69, 9.17) is 11.6 Å². The number of amides is 1. The zero-order valence-corrected chi connectivity index (χ0v) is 21.0. The predicted molar refractivity (Wildman–Crippen MR) is 130 cm³/mol. The van der Waals surface area contributed by atoms with Gasteiger partial charge in [0.05, 0.1) is 4.90 Å². The fourth-order valence-electron chi connectivity index (χ4n) is 4.60. The monoisotopic (exact) mass is 537 g/mol. The Hall–Kier alpha value is -1.61. The minimum Gasteiger partial charge on any atom is -0.369 e. The van der Waals surface area contributed by atoms with Crippen LogP contribution in [0.5, 0.6) is 0 Å². The summed E-state index contributed by atoms with van der Waals surface area (Å²) in [5.74, 6) is 0.229. The van der Waals surface area contributed by atoms with E-state index in [9.17, 15) is 13.2 Å². The van der Waals surface area contributed by atoms with Gasteiger partial charge in [-0.2, -0.15) is 4.31 Å². The van der Waals surface area contributed by atoms with Crippen LogP contribution in [0.2, 0.25) is 5.02 Å². The number of halogens is 2. The van der Waals surface area contributed by atoms with Gasteiger partial charge in [0, 0.05) is 59.5 Å². The highest BCUT2D eigenvalue weighted by atomic mass is 79.9. The molecule has 170 valence electrons. The summed E-state index contributed by atoms with van der Waals surface area (Å²) in [5.41, 5.74) is 3.93. The van der Waals surface area contributed by atoms with E-state index in [0.717, 1.165) is 41.8 Å². The van der Waals surface area contributed by atoms with E-state index in [1.165, 1.54) is 4.31 Å². The summed E-state index contributed by atoms with van der Waals surface area (Å²) in [6.07, 6.45) is 2.62. The lowest BCUT2D eigenvalue weighted by Crippen LogP contribution is -2.49. The third-order valence-electron chi connectivity index (χ3n) is 6.59. The Kier molecular flexibility index (Phi) is 5.76. The van der Waals surface area contributed by atoms with Crippen LogP contribution in [0, 0.1) is 12.8 Å². The summed E-state index contributed by atoms with van der Waals surface area (Å²) >= 11 is 9.65. The summed E-state index contributed by atoms with van der Waals surface area (Å²) < 4.78 is 29.2. The first-order valence-corrected chi connectivity index (χ1v) is 13.5. The predicted octanol–water partition coefficient (Wildman–Crippen LogP) is 4.22. The standard InChI is InChI=1S/C23H25BrClN3O3S/c1-15-2-5-18(25)13-20(15)26-8-10-27(11-9-26)32(30,31)22-14-21-17(12-19(22)24)6-7-28(21)23(29)16-3-4-16/h2,5,12-14,16H,3-4,6-11H2,1H3. The van der Waals surface area contributed by atoms with Crippen LogP contribution in [-0.2, 0) is 21.2 Å². The maximum Gasteiger partial charge on any atom is 0.244 e. The first kappa shape index (κ1) is 22.2. The maximum absolute atomic E-state index is 13.5. The second kappa shape index (κ2) is 8.31. The molecule has 2 aromatic rings. The molecule has 1 saturated carbocycles. The lowest BCUT2D eigenvalue weighted by Gasteiger charge is -2.36. The van der Waals surface area contributed by atoms with Gasteiger partial charge in [-0.1, -0.05) is 17.7 Å². The van der Waals surface area contributed by atoms with Crippen molar-refractivity contribution in [2.24, 2.45) is 5.92 Å². The van der Waals surface area contributed by atoms with Crippen LogP contribution in [0.15, 0.2) is 39.7 Å². The molecule has 0 unspecified atom stereocenters. The number of rotatable bonds is 4. The molecule has 0 atom stereocenters. The van der Waals surface area contributed by atoms with Crippen molar-refractivity contribution in [1.82, 2.24) is 4.31 Å². The Labute approximate surface area is 202 Å². The van der Waals surface area contributed by atoms with Crippen molar-refractivity contribution in [3.05, 3.63) is 51.0 Å². The minimum atomic E-state index is -3.70. The number of anilines is 2. The van der Waals surface area contributed by atoms with Gasteiger partial charge in [0.15, 0.2) is 0 Å². The summed E-state index contributed by atoms with van der Waals surface area (Å²) in [5, 5.41) is 0.674. The summed E-state index contributed by atoms with van der Waals surface area (Å²) in [6.45, 7) is 4.62. The number of benzene rings is 2. The van der Waals surface area contributed by atoms with Gasteiger partial charge in [0.1, 0.15) is 0 Å². The largest absolute Gasteiger partial charge is 0.369 e. The number of hydrogen-bond acceptors (Lipinski definition) is 4. The van der Waals surface area contributed by atoms with Gasteiger partial charge in [-0.05, 0) is 77.5 Å². The lowest BCUT2D eigenvalue weighted by molar-refractivity contribution is -0.119. The van der Waals surface area contributed by atoms with Crippen molar-refractivity contribution in [3.8, 4) is 0 Å². The van der Waals surface area contributed by atoms with Crippen molar-refractivity contribution in [1.29, 1.82) is 0 Å². The molecular weight excluding hydrogens is 514 g/mol. The van der Waals surface area contributed by atoms with Crippen molar-refractivity contribution < 1.29 is 13.2 Å². The maximum atomic E-state index is 13.5. The van der Waals surface area contributed by atoms with Gasteiger partial charge in [0.25, 0.3) is 0 Å². The van der Waals surface area contributed by atoms with Crippen molar-refractivity contribution in [2.75, 3.05) is 42.5 Å². The van der Waals surface area contributed by atoms with Crippen LogP contribution in [0.1, 0.15) is 24.0 Å². The zero-order valence-electron chi connectivity index (χ0n) is 17.9. The van der Waals surface area contributed by atoms with Crippen LogP contribution < -0.4 is 9.80 Å². The highest BCUT2D eigenvalue weighted by Gasteiger charge is 2.38. The van der Waals surface area contributed by atoms with E-state index in [2.05, 4.69) is 20.8 Å². The van der Waals surface area contributed by atoms with Gasteiger partial charge >= 0.3 is 0 Å². The van der Waals surface area contributed by atoms with Crippen molar-refractivity contribution in [2.45, 2.75) is 31.1 Å². The third kappa shape index (κ3) is 3.95. The molecule has 0 radical (unpaired) electrons. The molecule has 5 rings (SSSR count). The summed E-state index contributed by atoms with van der Waals surface area (Å²) in [7, 11) is -3.70. The van der Waals surface area contributed by atoms with E-state index < -0.39 is 10.0 Å². The Bertz CT molecular complexity index is 1190. The molecule has 3 aliphatic rings. The van der Waals surface area contributed by atoms with Crippen LogP contribution >= 0.6 is 27.5 Å². The van der Waals surface area contributed by atoms with E-state index in [-0.39, 0.29) is 16.7 Å². The number of carbonyl (C=O) groups excluding carboxylic acids is 1. The molecule has 2 aromatic carbocycles. The van der Waals surface area contributed by atoms with E-state index in [0.29, 0.717) is 42.2 Å². The fourth-order valence-corrected chi connectivity index (χ4v) is 7.26. The fraction of sp³-hybridized carbons (Fsp3) is 0.435. The lowest BCUT2D eigenvalue weighted by atomic mass is 10.1. The molecule has 1 aliphatic carbocycles. The normalized spacial score (nSPS) is 19.3. The SMILES string of the molecule is Cc1ccc(Cl)cc1N1CCN(S(=O)(=O)c2cc3c(cc2Br)CCN3C(=O)C2CC2)CC1. The van der Waals surface area contributed by atoms with Crippen LogP contribution in [-0.4, -0.2) is 51.4 Å². The molecule has 2 fully saturated rings. The number of sulfonamides is 1. The van der Waals surface area contributed by atoms with Crippen LogP contribution in [0.3, 0.4) is 0 Å². The molecule has 0 spiro atoms. The number of nitrogens with zero attached hydrogens (tertiary/aromatic N) is 3. The van der Waals surface area contributed by atoms with E-state index in [1.807, 2.05) is 31.2 Å². The Morgan fingerprint density at radius 3 is 2.44 bits per heavy atom. The Morgan fingerprint density at radius 1 is 1.03 bits per heavy atom. The molecule has 1 saturated heterocycles. The number of piperazine rings is 1. The zero-order chi connectivity index (χ0) is 22.6. The van der Waals surface area contributed by atoms with E-state index in [1.54, 1.807) is 11.0 Å². The Morgan fingerprint density at radius 2 is 1.75 bits per heavy atom. The Balaban J connectivity index is 1.38. The van der Waals surface area contributed by atoms with Crippen LogP contribution in [0.25, 0.3) is 0 Å². The van der Waals surface area contributed by atoms with Crippen molar-refractivity contribution >= 4 is 54.8 Å². The molecule has 1 amide bonds. The molecule has 2 aliphatic heterocycles. The molecule has 0 bridgehead atoms. The van der Waals surface area contributed by atoms with Gasteiger partial charge in [0.2, 0.25) is 15.9 Å². The van der Waals surface area contributed by atoms with Gasteiger partial charge < -0.3 is 9.80 Å². The highest BCUT2D eigenvalue weighted by Crippen LogP contribution is 2.40. The third-order valence-corrected chi connectivity index (χ3v) is 9.68. The highest BCUT2D eigenvalue weighted by molar-refractivity contribution is 9.10. The topological polar surface area (TPSA) is 60.9 Å². The second-order valence-electron chi connectivity index (χ2n) is 8.75. The van der Waals surface area contributed by atoms with Crippen molar-refractivity contribution in [3.63, 3.8) is 0 Å². The first-order valence-electron chi connectivity index (χ1n) is 10.9. The first-order chi connectivity index (χ1) is 15.3. The number of aryl methyl sites for hydroxylation is 1. The quantitative estimate of drug-likeness (QED) is 0.585. The molecule has 0 N–H and O–H groups in total. The average Bonchev–Trinajstić information content (AvgIpc) is 3.54. The molecule has 9 heteroatoms. The van der Waals surface area contributed by atoms with Gasteiger partial charge in [-0.3, -0.25) is 4.79 Å². The smallest absolute Gasteiger partial charge is 0.244 e. The molecule has 0 aromatic heterocycles. The number of hydrogen-bond donors (Lipinski definition) is 0. The molecule has 6 nitrogen and oxygen atoms in total. The van der Waals surface area contributed by atoms with Gasteiger partial charge in [-0.15, -0.1) is 0 Å². The van der Waals surface area contributed by atoms with Gasteiger partial charge in [-0.25, -0.2) is 8.42 Å². The summed E-state index contributed by atoms with van der Waals surface area (Å²) in [4.78, 5) is 16.9. The van der Waals surface area contributed by atoms with E-state index >= 15 is 0 Å².